The molecule has 120 valence electrons. The van der Waals surface area contributed by atoms with Gasteiger partial charge in [0.15, 0.2) is 5.82 Å². The highest BCUT2D eigenvalue weighted by Crippen LogP contribution is 2.25. The van der Waals surface area contributed by atoms with Gasteiger partial charge in [-0.3, -0.25) is 0 Å². The van der Waals surface area contributed by atoms with Gasteiger partial charge in [-0.15, -0.1) is 10.2 Å². The van der Waals surface area contributed by atoms with E-state index in [9.17, 15) is 4.39 Å². The van der Waals surface area contributed by atoms with Gasteiger partial charge in [-0.1, -0.05) is 35.1 Å². The zero-order valence-electron chi connectivity index (χ0n) is 12.8. The fourth-order valence-electron chi connectivity index (χ4n) is 2.18. The summed E-state index contributed by atoms with van der Waals surface area (Å²) in [6.45, 7) is 3.76. The van der Waals surface area contributed by atoms with Crippen LogP contribution in [0.4, 0.5) is 4.39 Å². The van der Waals surface area contributed by atoms with Crippen LogP contribution in [-0.4, -0.2) is 20.0 Å². The molecule has 8 heteroatoms. The summed E-state index contributed by atoms with van der Waals surface area (Å²) < 4.78 is 20.2. The minimum absolute atomic E-state index is 0.277. The summed E-state index contributed by atoms with van der Waals surface area (Å²) in [7, 11) is 0. The lowest BCUT2D eigenvalue weighted by atomic mass is 10.1. The Kier molecular flexibility index (Phi) is 4.33. The predicted octanol–water partition coefficient (Wildman–Crippen LogP) is 2.62. The predicted molar refractivity (Wildman–Crippen MR) is 84.9 cm³/mol. The maximum Gasteiger partial charge on any atom is 0.210 e. The molecule has 6 nitrogen and oxygen atoms in total. The Labute approximate surface area is 136 Å². The Morgan fingerprint density at radius 3 is 2.74 bits per heavy atom. The summed E-state index contributed by atoms with van der Waals surface area (Å²) >= 11 is 1.44. The molecule has 3 rings (SSSR count). The molecule has 0 unspecified atom stereocenters. The molecule has 2 N–H and O–H groups in total. The van der Waals surface area contributed by atoms with Gasteiger partial charge in [0.05, 0.1) is 5.69 Å². The molecule has 0 aliphatic heterocycles. The summed E-state index contributed by atoms with van der Waals surface area (Å²) in [5.74, 6) is 7.68. The van der Waals surface area contributed by atoms with Crippen LogP contribution in [0.3, 0.4) is 0 Å². The van der Waals surface area contributed by atoms with E-state index >= 15 is 0 Å². The van der Waals surface area contributed by atoms with Crippen LogP contribution in [0.15, 0.2) is 33.9 Å². The Balaban J connectivity index is 1.73. The number of nitrogens with two attached hydrogens (primary N) is 1. The summed E-state index contributed by atoms with van der Waals surface area (Å²) in [4.78, 5) is 0. The first-order valence-corrected chi connectivity index (χ1v) is 8.02. The molecule has 1 aromatic carbocycles. The molecule has 2 aromatic heterocycles. The number of hydrogen-bond acceptors (Lipinski definition) is 6. The molecule has 3 aromatic rings. The fourth-order valence-corrected chi connectivity index (χ4v) is 3.21. The third-order valence-corrected chi connectivity index (χ3v) is 4.54. The van der Waals surface area contributed by atoms with Crippen LogP contribution in [0.2, 0.25) is 0 Å². The van der Waals surface area contributed by atoms with Crippen molar-refractivity contribution in [3.05, 3.63) is 58.5 Å². The Hall–Kier alpha value is -2.35. The van der Waals surface area contributed by atoms with E-state index in [0.717, 1.165) is 17.0 Å². The SMILES string of the molecule is Cc1noc(C)c1CSc1nnc(Cc2ccccc2F)n1N. The van der Waals surface area contributed by atoms with Crippen LogP contribution in [0.5, 0.6) is 0 Å². The van der Waals surface area contributed by atoms with E-state index in [-0.39, 0.29) is 5.82 Å². The van der Waals surface area contributed by atoms with Gasteiger partial charge in [-0.05, 0) is 25.5 Å². The standard InChI is InChI=1S/C15H16FN5OS/c1-9-12(10(2)22-20-9)8-23-15-19-18-14(21(15)17)7-11-5-3-4-6-13(11)16/h3-6H,7-8,17H2,1-2H3. The van der Waals surface area contributed by atoms with E-state index in [4.69, 9.17) is 10.4 Å². The number of nitrogens with zero attached hydrogens (tertiary/aromatic N) is 4. The molecule has 0 radical (unpaired) electrons. The van der Waals surface area contributed by atoms with Gasteiger partial charge in [0.2, 0.25) is 5.16 Å². The highest BCUT2D eigenvalue weighted by atomic mass is 32.2. The van der Waals surface area contributed by atoms with Crippen LogP contribution in [-0.2, 0) is 12.2 Å². The Morgan fingerprint density at radius 1 is 1.26 bits per heavy atom. The maximum atomic E-state index is 13.7. The minimum Gasteiger partial charge on any atom is -0.361 e. The van der Waals surface area contributed by atoms with Gasteiger partial charge in [-0.2, -0.15) is 0 Å². The van der Waals surface area contributed by atoms with Crippen molar-refractivity contribution >= 4 is 11.8 Å². The number of aromatic nitrogens is 4. The highest BCUT2D eigenvalue weighted by molar-refractivity contribution is 7.98. The van der Waals surface area contributed by atoms with Crippen molar-refractivity contribution in [3.63, 3.8) is 0 Å². The van der Waals surface area contributed by atoms with Crippen LogP contribution in [0.1, 0.15) is 28.4 Å². The second-order valence-corrected chi connectivity index (χ2v) is 6.07. The van der Waals surface area contributed by atoms with E-state index < -0.39 is 0 Å². The van der Waals surface area contributed by atoms with Crippen molar-refractivity contribution in [1.82, 2.24) is 20.0 Å². The highest BCUT2D eigenvalue weighted by Gasteiger charge is 2.15. The molecule has 0 atom stereocenters. The largest absolute Gasteiger partial charge is 0.361 e. The first-order valence-electron chi connectivity index (χ1n) is 7.03. The van der Waals surface area contributed by atoms with Crippen molar-refractivity contribution in [1.29, 1.82) is 0 Å². The number of halogens is 1. The van der Waals surface area contributed by atoms with Gasteiger partial charge >= 0.3 is 0 Å². The summed E-state index contributed by atoms with van der Waals surface area (Å²) in [6, 6.07) is 6.56. The molecule has 2 heterocycles. The maximum absolute atomic E-state index is 13.7. The smallest absolute Gasteiger partial charge is 0.210 e. The van der Waals surface area contributed by atoms with Crippen LogP contribution < -0.4 is 5.84 Å². The van der Waals surface area contributed by atoms with Crippen LogP contribution in [0, 0.1) is 19.7 Å². The summed E-state index contributed by atoms with van der Waals surface area (Å²) in [5.41, 5.74) is 2.41. The third kappa shape index (κ3) is 3.21. The first kappa shape index (κ1) is 15.5. The quantitative estimate of drug-likeness (QED) is 0.571. The lowest BCUT2D eigenvalue weighted by Crippen LogP contribution is -2.14. The number of aryl methyl sites for hydroxylation is 2. The molecule has 0 fully saturated rings. The van der Waals surface area contributed by atoms with Gasteiger partial charge < -0.3 is 10.4 Å². The van der Waals surface area contributed by atoms with Crippen molar-refractivity contribution in [2.75, 3.05) is 5.84 Å². The summed E-state index contributed by atoms with van der Waals surface area (Å²) in [5, 5.41) is 12.6. The van der Waals surface area contributed by atoms with E-state index in [1.165, 1.54) is 22.5 Å². The first-order chi connectivity index (χ1) is 11.1. The number of hydrogen-bond donors (Lipinski definition) is 1. The van der Waals surface area contributed by atoms with Crippen molar-refractivity contribution in [2.24, 2.45) is 0 Å². The number of nitrogen functional groups attached to an aromatic ring is 1. The normalized spacial score (nSPS) is 11.1. The average molecular weight is 333 g/mol. The van der Waals surface area contributed by atoms with E-state index in [2.05, 4.69) is 15.4 Å². The fraction of sp³-hybridized carbons (Fsp3) is 0.267. The summed E-state index contributed by atoms with van der Waals surface area (Å²) in [6.07, 6.45) is 0.294. The number of benzene rings is 1. The molecule has 0 aliphatic carbocycles. The van der Waals surface area contributed by atoms with Crippen LogP contribution >= 0.6 is 11.8 Å². The Morgan fingerprint density at radius 2 is 2.04 bits per heavy atom. The second kappa shape index (κ2) is 6.41. The van der Waals surface area contributed by atoms with Gasteiger partial charge in [0.25, 0.3) is 0 Å². The minimum atomic E-state index is -0.277. The molecule has 0 amide bonds. The van der Waals surface area contributed by atoms with E-state index in [0.29, 0.717) is 28.7 Å². The van der Waals surface area contributed by atoms with Crippen molar-refractivity contribution < 1.29 is 8.91 Å². The molecule has 0 saturated heterocycles. The van der Waals surface area contributed by atoms with E-state index in [1.807, 2.05) is 13.8 Å². The molecular formula is C15H16FN5OS. The van der Waals surface area contributed by atoms with Crippen molar-refractivity contribution in [3.8, 4) is 0 Å². The lowest BCUT2D eigenvalue weighted by Gasteiger charge is -2.04. The average Bonchev–Trinajstić information content (AvgIpc) is 3.04. The Bertz CT molecular complexity index is 810. The number of thioether (sulfide) groups is 1. The van der Waals surface area contributed by atoms with Gasteiger partial charge in [0.1, 0.15) is 11.6 Å². The second-order valence-electron chi connectivity index (χ2n) is 5.13. The monoisotopic (exact) mass is 333 g/mol. The lowest BCUT2D eigenvalue weighted by molar-refractivity contribution is 0.392. The molecule has 0 saturated carbocycles. The van der Waals surface area contributed by atoms with Gasteiger partial charge in [-0.25, -0.2) is 9.07 Å². The zero-order valence-corrected chi connectivity index (χ0v) is 13.6. The molecular weight excluding hydrogens is 317 g/mol. The molecule has 0 aliphatic rings. The number of rotatable bonds is 5. The topological polar surface area (TPSA) is 82.8 Å². The van der Waals surface area contributed by atoms with Gasteiger partial charge in [0, 0.05) is 17.7 Å². The van der Waals surface area contributed by atoms with Crippen molar-refractivity contribution in [2.45, 2.75) is 31.2 Å². The third-order valence-electron chi connectivity index (χ3n) is 3.57. The van der Waals surface area contributed by atoms with Crippen LogP contribution in [0.25, 0.3) is 0 Å². The zero-order chi connectivity index (χ0) is 16.4. The molecule has 0 spiro atoms. The van der Waals surface area contributed by atoms with E-state index in [1.54, 1.807) is 18.2 Å². The molecule has 0 bridgehead atoms. The molecule has 23 heavy (non-hydrogen) atoms.